The SMILES string of the molecule is Cc1cc(C)n2nc(SCC(=O)Nc3ccc(S(=O)(=O)N4CCCC4)cc3)nc2n1. The number of benzene rings is 1. The van der Waals surface area contributed by atoms with E-state index < -0.39 is 10.0 Å². The largest absolute Gasteiger partial charge is 0.325 e. The number of amides is 1. The summed E-state index contributed by atoms with van der Waals surface area (Å²) in [5, 5.41) is 7.60. The van der Waals surface area contributed by atoms with Crippen LogP contribution >= 0.6 is 11.8 Å². The van der Waals surface area contributed by atoms with E-state index in [2.05, 4.69) is 20.4 Å². The summed E-state index contributed by atoms with van der Waals surface area (Å²) < 4.78 is 28.3. The van der Waals surface area contributed by atoms with Crippen LogP contribution in [0.1, 0.15) is 24.2 Å². The van der Waals surface area contributed by atoms with Crippen LogP contribution in [0.3, 0.4) is 0 Å². The number of fused-ring (bicyclic) bond motifs is 1. The van der Waals surface area contributed by atoms with Gasteiger partial charge in [0, 0.05) is 30.2 Å². The van der Waals surface area contributed by atoms with Crippen molar-refractivity contribution in [1.29, 1.82) is 0 Å². The summed E-state index contributed by atoms with van der Waals surface area (Å²) >= 11 is 1.21. The van der Waals surface area contributed by atoms with Crippen molar-refractivity contribution >= 4 is 39.2 Å². The summed E-state index contributed by atoms with van der Waals surface area (Å²) in [6.45, 7) is 4.93. The number of aryl methyl sites for hydroxylation is 2. The molecule has 1 N–H and O–H groups in total. The normalized spacial score (nSPS) is 15.0. The summed E-state index contributed by atoms with van der Waals surface area (Å²) in [4.78, 5) is 21.2. The van der Waals surface area contributed by atoms with Crippen molar-refractivity contribution in [3.05, 3.63) is 41.7 Å². The average molecular weight is 447 g/mol. The molecular weight excluding hydrogens is 424 g/mol. The number of carbonyl (C=O) groups is 1. The Morgan fingerprint density at radius 2 is 1.83 bits per heavy atom. The number of anilines is 1. The molecule has 1 aromatic carbocycles. The van der Waals surface area contributed by atoms with Crippen LogP contribution in [0.5, 0.6) is 0 Å². The lowest BCUT2D eigenvalue weighted by atomic mass is 10.3. The number of rotatable bonds is 6. The molecule has 1 amide bonds. The van der Waals surface area contributed by atoms with Crippen LogP contribution in [-0.4, -0.2) is 57.1 Å². The van der Waals surface area contributed by atoms with E-state index in [0.717, 1.165) is 24.2 Å². The second kappa shape index (κ2) is 8.32. The van der Waals surface area contributed by atoms with Crippen LogP contribution < -0.4 is 5.32 Å². The molecule has 1 aliphatic heterocycles. The highest BCUT2D eigenvalue weighted by molar-refractivity contribution is 7.99. The molecule has 4 rings (SSSR count). The van der Waals surface area contributed by atoms with E-state index in [1.807, 2.05) is 19.9 Å². The Morgan fingerprint density at radius 3 is 2.53 bits per heavy atom. The van der Waals surface area contributed by atoms with E-state index in [1.165, 1.54) is 28.2 Å². The van der Waals surface area contributed by atoms with E-state index in [4.69, 9.17) is 0 Å². The Kier molecular flexibility index (Phi) is 5.76. The van der Waals surface area contributed by atoms with Crippen LogP contribution in [0.4, 0.5) is 5.69 Å². The Hall–Kier alpha value is -2.50. The molecule has 1 saturated heterocycles. The molecular formula is C19H22N6O3S2. The molecule has 1 fully saturated rings. The Labute approximate surface area is 179 Å². The molecule has 0 bridgehead atoms. The van der Waals surface area contributed by atoms with Gasteiger partial charge in [0.2, 0.25) is 21.1 Å². The Balaban J connectivity index is 1.37. The van der Waals surface area contributed by atoms with Gasteiger partial charge in [-0.05, 0) is 57.0 Å². The van der Waals surface area contributed by atoms with Crippen molar-refractivity contribution in [3.8, 4) is 0 Å². The molecule has 11 heteroatoms. The number of hydrogen-bond acceptors (Lipinski definition) is 7. The van der Waals surface area contributed by atoms with Gasteiger partial charge in [0.25, 0.3) is 5.78 Å². The van der Waals surface area contributed by atoms with Gasteiger partial charge < -0.3 is 5.32 Å². The summed E-state index contributed by atoms with van der Waals surface area (Å²) in [6.07, 6.45) is 1.78. The molecule has 0 atom stereocenters. The van der Waals surface area contributed by atoms with Gasteiger partial charge in [-0.2, -0.15) is 9.29 Å². The number of carbonyl (C=O) groups excluding carboxylic acids is 1. The lowest BCUT2D eigenvalue weighted by molar-refractivity contribution is -0.113. The van der Waals surface area contributed by atoms with Crippen LogP contribution in [0.15, 0.2) is 40.4 Å². The first-order valence-corrected chi connectivity index (χ1v) is 12.0. The predicted molar refractivity (Wildman–Crippen MR) is 114 cm³/mol. The third kappa shape index (κ3) is 4.32. The highest BCUT2D eigenvalue weighted by Crippen LogP contribution is 2.22. The molecule has 9 nitrogen and oxygen atoms in total. The zero-order valence-corrected chi connectivity index (χ0v) is 18.3. The van der Waals surface area contributed by atoms with E-state index >= 15 is 0 Å². The number of aromatic nitrogens is 4. The van der Waals surface area contributed by atoms with Gasteiger partial charge in [-0.15, -0.1) is 5.10 Å². The molecule has 0 spiro atoms. The third-order valence-corrected chi connectivity index (χ3v) is 7.52. The first kappa shape index (κ1) is 20.8. The van der Waals surface area contributed by atoms with Crippen molar-refractivity contribution in [1.82, 2.24) is 23.9 Å². The second-order valence-corrected chi connectivity index (χ2v) is 10.00. The molecule has 2 aromatic heterocycles. The molecule has 1 aliphatic rings. The van der Waals surface area contributed by atoms with Gasteiger partial charge in [-0.25, -0.2) is 17.9 Å². The minimum atomic E-state index is -3.46. The maximum absolute atomic E-state index is 12.6. The number of nitrogens with zero attached hydrogens (tertiary/aromatic N) is 5. The van der Waals surface area contributed by atoms with Gasteiger partial charge in [0.05, 0.1) is 10.6 Å². The van der Waals surface area contributed by atoms with Gasteiger partial charge in [-0.3, -0.25) is 4.79 Å². The molecule has 0 radical (unpaired) electrons. The summed E-state index contributed by atoms with van der Waals surface area (Å²) in [6, 6.07) is 8.17. The van der Waals surface area contributed by atoms with Crippen molar-refractivity contribution in [2.75, 3.05) is 24.2 Å². The monoisotopic (exact) mass is 446 g/mol. The predicted octanol–water partition coefficient (Wildman–Crippen LogP) is 2.26. The van der Waals surface area contributed by atoms with E-state index in [9.17, 15) is 13.2 Å². The van der Waals surface area contributed by atoms with Crippen molar-refractivity contribution in [2.24, 2.45) is 0 Å². The maximum Gasteiger partial charge on any atom is 0.253 e. The lowest BCUT2D eigenvalue weighted by Crippen LogP contribution is -2.27. The molecule has 3 aromatic rings. The van der Waals surface area contributed by atoms with Crippen LogP contribution in [0.25, 0.3) is 5.78 Å². The van der Waals surface area contributed by atoms with E-state index in [0.29, 0.717) is 29.7 Å². The van der Waals surface area contributed by atoms with Gasteiger partial charge in [-0.1, -0.05) is 11.8 Å². The van der Waals surface area contributed by atoms with Crippen molar-refractivity contribution in [3.63, 3.8) is 0 Å². The Bertz CT molecular complexity index is 1180. The minimum Gasteiger partial charge on any atom is -0.325 e. The average Bonchev–Trinajstić information content (AvgIpc) is 3.37. The standard InChI is InChI=1S/C19H22N6O3S2/c1-13-11-14(2)25-18(20-13)22-19(23-25)29-12-17(26)21-15-5-7-16(8-6-15)30(27,28)24-9-3-4-10-24/h5-8,11H,3-4,9-10,12H2,1-2H3,(H,21,26). The fourth-order valence-electron chi connectivity index (χ4n) is 3.32. The zero-order chi connectivity index (χ0) is 21.3. The van der Waals surface area contributed by atoms with Crippen molar-refractivity contribution in [2.45, 2.75) is 36.7 Å². The van der Waals surface area contributed by atoms with E-state index in [-0.39, 0.29) is 16.6 Å². The molecule has 0 unspecified atom stereocenters. The molecule has 3 heterocycles. The molecule has 30 heavy (non-hydrogen) atoms. The maximum atomic E-state index is 12.6. The first-order valence-electron chi connectivity index (χ1n) is 9.57. The van der Waals surface area contributed by atoms with Crippen molar-refractivity contribution < 1.29 is 13.2 Å². The number of sulfonamides is 1. The molecule has 0 saturated carbocycles. The van der Waals surface area contributed by atoms with Crippen LogP contribution in [0, 0.1) is 13.8 Å². The number of nitrogens with one attached hydrogen (secondary N) is 1. The van der Waals surface area contributed by atoms with Crippen LogP contribution in [0.2, 0.25) is 0 Å². The molecule has 158 valence electrons. The summed E-state index contributed by atoms with van der Waals surface area (Å²) in [7, 11) is -3.46. The van der Waals surface area contributed by atoms with Gasteiger partial charge in [0.15, 0.2) is 0 Å². The van der Waals surface area contributed by atoms with Gasteiger partial charge in [0.1, 0.15) is 0 Å². The highest BCUT2D eigenvalue weighted by Gasteiger charge is 2.26. The first-order chi connectivity index (χ1) is 14.3. The topological polar surface area (TPSA) is 110 Å². The number of thioether (sulfide) groups is 1. The summed E-state index contributed by atoms with van der Waals surface area (Å²) in [5.41, 5.74) is 2.32. The minimum absolute atomic E-state index is 0.128. The highest BCUT2D eigenvalue weighted by atomic mass is 32.2. The number of hydrogen-bond donors (Lipinski definition) is 1. The zero-order valence-electron chi connectivity index (χ0n) is 16.7. The Morgan fingerprint density at radius 1 is 1.13 bits per heavy atom. The van der Waals surface area contributed by atoms with Gasteiger partial charge >= 0.3 is 0 Å². The quantitative estimate of drug-likeness (QED) is 0.578. The second-order valence-electron chi connectivity index (χ2n) is 7.12. The fraction of sp³-hybridized carbons (Fsp3) is 0.368. The molecule has 0 aliphatic carbocycles. The third-order valence-electron chi connectivity index (χ3n) is 4.77. The smallest absolute Gasteiger partial charge is 0.253 e. The van der Waals surface area contributed by atoms with Crippen LogP contribution in [-0.2, 0) is 14.8 Å². The summed E-state index contributed by atoms with van der Waals surface area (Å²) in [5.74, 6) is 0.406. The lowest BCUT2D eigenvalue weighted by Gasteiger charge is -2.15. The van der Waals surface area contributed by atoms with E-state index in [1.54, 1.807) is 16.6 Å². The fourth-order valence-corrected chi connectivity index (χ4v) is 5.46.